The Bertz CT molecular complexity index is 819. The summed E-state index contributed by atoms with van der Waals surface area (Å²) in [5.41, 5.74) is 0.880. The Labute approximate surface area is 164 Å². The molecule has 4 nitrogen and oxygen atoms in total. The highest BCUT2D eigenvalue weighted by Gasteiger charge is 2.40. The van der Waals surface area contributed by atoms with Crippen molar-refractivity contribution >= 4 is 57.3 Å². The van der Waals surface area contributed by atoms with Crippen molar-refractivity contribution in [3.8, 4) is 0 Å². The molecule has 4 rings (SSSR count). The van der Waals surface area contributed by atoms with Gasteiger partial charge in [0.15, 0.2) is 4.34 Å². The van der Waals surface area contributed by atoms with Gasteiger partial charge >= 0.3 is 0 Å². The molecule has 2 aliphatic carbocycles. The third kappa shape index (κ3) is 3.72. The van der Waals surface area contributed by atoms with Gasteiger partial charge in [-0.2, -0.15) is 0 Å². The normalized spacial score (nSPS) is 24.0. The zero-order valence-electron chi connectivity index (χ0n) is 13.1. The van der Waals surface area contributed by atoms with Crippen LogP contribution in [0, 0.1) is 17.8 Å². The van der Waals surface area contributed by atoms with E-state index in [0.717, 1.165) is 22.7 Å². The molecule has 1 fully saturated rings. The molecule has 8 heteroatoms. The van der Waals surface area contributed by atoms with Crippen LogP contribution < -0.4 is 5.32 Å². The van der Waals surface area contributed by atoms with Gasteiger partial charge in [0.1, 0.15) is 0 Å². The second-order valence-corrected chi connectivity index (χ2v) is 9.25. The fraction of sp³-hybridized carbons (Fsp3) is 0.353. The van der Waals surface area contributed by atoms with Crippen molar-refractivity contribution in [2.75, 3.05) is 5.32 Å². The van der Waals surface area contributed by atoms with Gasteiger partial charge in [0.05, 0.1) is 0 Å². The number of anilines is 1. The van der Waals surface area contributed by atoms with Gasteiger partial charge in [-0.05, 0) is 42.4 Å². The molecule has 2 aromatic rings. The van der Waals surface area contributed by atoms with E-state index in [1.54, 1.807) is 0 Å². The van der Waals surface area contributed by atoms with Crippen molar-refractivity contribution in [2.45, 2.75) is 22.9 Å². The Morgan fingerprint density at radius 2 is 2.04 bits per heavy atom. The third-order valence-electron chi connectivity index (χ3n) is 4.65. The predicted molar refractivity (Wildman–Crippen MR) is 103 cm³/mol. The van der Waals surface area contributed by atoms with E-state index in [4.69, 9.17) is 23.2 Å². The summed E-state index contributed by atoms with van der Waals surface area (Å²) in [4.78, 5) is 12.4. The number of carbonyl (C=O) groups excluding carboxylic acids is 1. The summed E-state index contributed by atoms with van der Waals surface area (Å²) in [6, 6.07) is 5.46. The highest BCUT2D eigenvalue weighted by Crippen LogP contribution is 2.44. The SMILES string of the molecule is O=C(Nc1nnc(SCc2c(Cl)cccc2Cl)s1)[C@H]1C[C@@H]2C=C[C@H]1C2. The Balaban J connectivity index is 1.36. The monoisotopic (exact) mass is 411 g/mol. The summed E-state index contributed by atoms with van der Waals surface area (Å²) < 4.78 is 0.777. The zero-order chi connectivity index (χ0) is 17.4. The molecule has 1 aromatic heterocycles. The number of amides is 1. The molecule has 3 atom stereocenters. The molecule has 0 aliphatic heterocycles. The summed E-state index contributed by atoms with van der Waals surface area (Å²) in [5, 5.41) is 13.0. The van der Waals surface area contributed by atoms with E-state index >= 15 is 0 Å². The standard InChI is InChI=1S/C17H15Cl2N3OS2/c18-13-2-1-3-14(19)12(13)8-24-17-22-21-16(25-17)20-15(23)11-7-9-4-5-10(11)6-9/h1-5,9-11H,6-8H2,(H,20,21,23)/t9-,10+,11+/m1/s1. The Morgan fingerprint density at radius 3 is 2.72 bits per heavy atom. The van der Waals surface area contributed by atoms with Crippen LogP contribution in [-0.4, -0.2) is 16.1 Å². The van der Waals surface area contributed by atoms with Gasteiger partial charge in [0.25, 0.3) is 0 Å². The van der Waals surface area contributed by atoms with E-state index in [0.29, 0.717) is 32.8 Å². The number of carbonyl (C=O) groups is 1. The van der Waals surface area contributed by atoms with Crippen molar-refractivity contribution in [1.29, 1.82) is 0 Å². The molecule has 1 saturated carbocycles. The fourth-order valence-electron chi connectivity index (χ4n) is 3.40. The fourth-order valence-corrected chi connectivity index (χ4v) is 5.90. The quantitative estimate of drug-likeness (QED) is 0.412. The molecule has 130 valence electrons. The van der Waals surface area contributed by atoms with E-state index in [-0.39, 0.29) is 11.8 Å². The van der Waals surface area contributed by atoms with E-state index < -0.39 is 0 Å². The van der Waals surface area contributed by atoms with E-state index in [2.05, 4.69) is 27.7 Å². The van der Waals surface area contributed by atoms with Gasteiger partial charge < -0.3 is 5.32 Å². The Morgan fingerprint density at radius 1 is 1.24 bits per heavy atom. The molecule has 2 bridgehead atoms. The predicted octanol–water partition coefficient (Wildman–Crippen LogP) is 5.29. The van der Waals surface area contributed by atoms with Crippen molar-refractivity contribution < 1.29 is 4.79 Å². The Kier molecular flexibility index (Phi) is 5.04. The maximum Gasteiger partial charge on any atom is 0.229 e. The maximum absolute atomic E-state index is 12.4. The second-order valence-electron chi connectivity index (χ2n) is 6.24. The van der Waals surface area contributed by atoms with Crippen molar-refractivity contribution in [3.63, 3.8) is 0 Å². The second kappa shape index (κ2) is 7.27. The number of halogens is 2. The number of allylic oxidation sites excluding steroid dienone is 2. The number of thioether (sulfide) groups is 1. The molecule has 1 aromatic carbocycles. The first-order chi connectivity index (χ1) is 12.1. The lowest BCUT2D eigenvalue weighted by atomic mass is 9.93. The van der Waals surface area contributed by atoms with Crippen LogP contribution >= 0.6 is 46.3 Å². The first kappa shape index (κ1) is 17.3. The topological polar surface area (TPSA) is 54.9 Å². The molecule has 0 spiro atoms. The lowest BCUT2D eigenvalue weighted by molar-refractivity contribution is -0.120. The molecule has 0 unspecified atom stereocenters. The van der Waals surface area contributed by atoms with Crippen LogP contribution in [0.25, 0.3) is 0 Å². The molecule has 1 amide bonds. The summed E-state index contributed by atoms with van der Waals surface area (Å²) >= 11 is 15.2. The minimum Gasteiger partial charge on any atom is -0.300 e. The van der Waals surface area contributed by atoms with Gasteiger partial charge in [-0.3, -0.25) is 4.79 Å². The van der Waals surface area contributed by atoms with Crippen molar-refractivity contribution in [2.24, 2.45) is 17.8 Å². The first-order valence-corrected chi connectivity index (χ1v) is 10.5. The Hall–Kier alpha value is -1.08. The molecule has 2 aliphatic rings. The number of fused-ring (bicyclic) bond motifs is 2. The number of aromatic nitrogens is 2. The van der Waals surface area contributed by atoms with Gasteiger partial charge in [0.2, 0.25) is 11.0 Å². The number of nitrogens with zero attached hydrogens (tertiary/aromatic N) is 2. The van der Waals surface area contributed by atoms with Crippen LogP contribution in [0.2, 0.25) is 10.0 Å². The summed E-state index contributed by atoms with van der Waals surface area (Å²) in [6.45, 7) is 0. The number of hydrogen-bond donors (Lipinski definition) is 1. The van der Waals surface area contributed by atoms with E-state index in [1.165, 1.54) is 23.1 Å². The minimum absolute atomic E-state index is 0.0544. The molecule has 1 heterocycles. The highest BCUT2D eigenvalue weighted by molar-refractivity contribution is 8.00. The van der Waals surface area contributed by atoms with Crippen LogP contribution in [0.5, 0.6) is 0 Å². The smallest absolute Gasteiger partial charge is 0.229 e. The van der Waals surface area contributed by atoms with Crippen LogP contribution in [0.15, 0.2) is 34.7 Å². The maximum atomic E-state index is 12.4. The van der Waals surface area contributed by atoms with E-state index in [1.807, 2.05) is 18.2 Å². The highest BCUT2D eigenvalue weighted by atomic mass is 35.5. The molecule has 0 radical (unpaired) electrons. The molecule has 1 N–H and O–H groups in total. The van der Waals surface area contributed by atoms with Crippen LogP contribution in [-0.2, 0) is 10.5 Å². The lowest BCUT2D eigenvalue weighted by Crippen LogP contribution is -2.25. The van der Waals surface area contributed by atoms with Crippen molar-refractivity contribution in [3.05, 3.63) is 46.0 Å². The average Bonchev–Trinajstić information content (AvgIpc) is 3.31. The van der Waals surface area contributed by atoms with E-state index in [9.17, 15) is 4.79 Å². The third-order valence-corrected chi connectivity index (χ3v) is 7.36. The number of hydrogen-bond acceptors (Lipinski definition) is 5. The number of benzene rings is 1. The first-order valence-electron chi connectivity index (χ1n) is 7.98. The molecular formula is C17H15Cl2N3OS2. The van der Waals surface area contributed by atoms with Crippen LogP contribution in [0.4, 0.5) is 5.13 Å². The van der Waals surface area contributed by atoms with Gasteiger partial charge in [0, 0.05) is 21.7 Å². The van der Waals surface area contributed by atoms with Gasteiger partial charge in [-0.15, -0.1) is 10.2 Å². The van der Waals surface area contributed by atoms with Gasteiger partial charge in [-0.25, -0.2) is 0 Å². The van der Waals surface area contributed by atoms with Crippen LogP contribution in [0.1, 0.15) is 18.4 Å². The number of rotatable bonds is 5. The van der Waals surface area contributed by atoms with Crippen LogP contribution in [0.3, 0.4) is 0 Å². The largest absolute Gasteiger partial charge is 0.300 e. The van der Waals surface area contributed by atoms with Gasteiger partial charge in [-0.1, -0.05) is 64.5 Å². The van der Waals surface area contributed by atoms with Crippen molar-refractivity contribution in [1.82, 2.24) is 10.2 Å². The molecular weight excluding hydrogens is 397 g/mol. The number of nitrogens with one attached hydrogen (secondary N) is 1. The zero-order valence-corrected chi connectivity index (χ0v) is 16.3. The lowest BCUT2D eigenvalue weighted by Gasteiger charge is -2.16. The molecule has 25 heavy (non-hydrogen) atoms. The minimum atomic E-state index is 0.0544. The molecule has 0 saturated heterocycles. The summed E-state index contributed by atoms with van der Waals surface area (Å²) in [5.74, 6) is 1.68. The summed E-state index contributed by atoms with van der Waals surface area (Å²) in [6.07, 6.45) is 6.45. The summed E-state index contributed by atoms with van der Waals surface area (Å²) in [7, 11) is 0. The average molecular weight is 412 g/mol.